The van der Waals surface area contributed by atoms with Gasteiger partial charge in [-0.3, -0.25) is 0 Å². The van der Waals surface area contributed by atoms with Gasteiger partial charge in [-0.25, -0.2) is 4.39 Å². The molecule has 2 rings (SSSR count). The first-order valence-electron chi connectivity index (χ1n) is 6.73. The van der Waals surface area contributed by atoms with Crippen molar-refractivity contribution in [1.29, 1.82) is 0 Å². The Kier molecular flexibility index (Phi) is 4.74. The fourth-order valence-electron chi connectivity index (χ4n) is 2.24. The maximum absolute atomic E-state index is 13.8. The second kappa shape index (κ2) is 6.53. The molecule has 2 aromatic rings. The zero-order valence-corrected chi connectivity index (χ0v) is 12.1. The van der Waals surface area contributed by atoms with Crippen LogP contribution in [0.3, 0.4) is 0 Å². The Balaban J connectivity index is 2.04. The molecule has 106 valence electrons. The van der Waals surface area contributed by atoms with Crippen LogP contribution in [0.25, 0.3) is 0 Å². The largest absolute Gasteiger partial charge is 0.497 e. The molecule has 0 aliphatic carbocycles. The number of hydrogen-bond donors (Lipinski definition) is 1. The Bertz CT molecular complexity index is 583. The molecule has 0 aliphatic heterocycles. The van der Waals surface area contributed by atoms with Gasteiger partial charge in [0.05, 0.1) is 7.11 Å². The molecule has 2 aromatic carbocycles. The summed E-state index contributed by atoms with van der Waals surface area (Å²) in [5.74, 6) is 0.298. The topological polar surface area (TPSA) is 21.3 Å². The van der Waals surface area contributed by atoms with Crippen LogP contribution in [0.5, 0.6) is 5.75 Å². The van der Waals surface area contributed by atoms with Gasteiger partial charge in [0.2, 0.25) is 0 Å². The summed E-state index contributed by atoms with van der Waals surface area (Å²) in [7, 11) is 1.53. The van der Waals surface area contributed by atoms with Crippen LogP contribution in [0.15, 0.2) is 42.5 Å². The molecule has 0 saturated carbocycles. The lowest BCUT2D eigenvalue weighted by molar-refractivity contribution is 0.410. The maximum Gasteiger partial charge on any atom is 0.131 e. The quantitative estimate of drug-likeness (QED) is 0.889. The Morgan fingerprint density at radius 3 is 2.60 bits per heavy atom. The smallest absolute Gasteiger partial charge is 0.131 e. The van der Waals surface area contributed by atoms with E-state index < -0.39 is 0 Å². The number of nitrogens with one attached hydrogen (secondary N) is 1. The van der Waals surface area contributed by atoms with Crippen molar-refractivity contribution >= 4 is 0 Å². The normalized spacial score (nSPS) is 12.2. The Labute approximate surface area is 119 Å². The van der Waals surface area contributed by atoms with Crippen LogP contribution >= 0.6 is 0 Å². The summed E-state index contributed by atoms with van der Waals surface area (Å²) in [5.41, 5.74) is 3.12. The highest BCUT2D eigenvalue weighted by atomic mass is 19.1. The minimum absolute atomic E-state index is 0.178. The number of halogens is 1. The molecule has 1 unspecified atom stereocenters. The van der Waals surface area contributed by atoms with Crippen molar-refractivity contribution in [3.05, 3.63) is 65.0 Å². The maximum atomic E-state index is 13.8. The van der Waals surface area contributed by atoms with E-state index in [1.165, 1.54) is 24.3 Å². The third-order valence-electron chi connectivity index (χ3n) is 3.51. The zero-order valence-electron chi connectivity index (χ0n) is 12.1. The molecule has 0 saturated heterocycles. The number of rotatable bonds is 5. The summed E-state index contributed by atoms with van der Waals surface area (Å²) >= 11 is 0. The van der Waals surface area contributed by atoms with Crippen LogP contribution in [0, 0.1) is 12.7 Å². The molecule has 0 aliphatic rings. The summed E-state index contributed by atoms with van der Waals surface area (Å²) in [6.07, 6.45) is 0. The summed E-state index contributed by atoms with van der Waals surface area (Å²) < 4.78 is 18.8. The highest BCUT2D eigenvalue weighted by Crippen LogP contribution is 2.19. The van der Waals surface area contributed by atoms with Crippen LogP contribution in [0.2, 0.25) is 0 Å². The van der Waals surface area contributed by atoms with E-state index in [0.717, 1.165) is 0 Å². The average molecular weight is 273 g/mol. The van der Waals surface area contributed by atoms with Crippen molar-refractivity contribution in [3.63, 3.8) is 0 Å². The van der Waals surface area contributed by atoms with Gasteiger partial charge in [-0.2, -0.15) is 0 Å². The standard InChI is InChI=1S/C17H20FNO/c1-12-6-4-5-7-16(12)13(2)19-11-14-8-9-15(20-3)10-17(14)18/h4-10,13,19H,11H2,1-3H3. The number of benzene rings is 2. The monoisotopic (exact) mass is 273 g/mol. The van der Waals surface area contributed by atoms with Crippen LogP contribution in [-0.2, 0) is 6.54 Å². The number of aryl methyl sites for hydroxylation is 1. The van der Waals surface area contributed by atoms with Gasteiger partial charge in [-0.05, 0) is 31.0 Å². The SMILES string of the molecule is COc1ccc(CNC(C)c2ccccc2C)c(F)c1. The second-order valence-corrected chi connectivity index (χ2v) is 4.92. The number of hydrogen-bond acceptors (Lipinski definition) is 2. The van der Waals surface area contributed by atoms with E-state index in [2.05, 4.69) is 31.3 Å². The summed E-state index contributed by atoms with van der Waals surface area (Å²) in [6, 6.07) is 13.3. The molecule has 0 fully saturated rings. The fourth-order valence-corrected chi connectivity index (χ4v) is 2.24. The van der Waals surface area contributed by atoms with Crippen LogP contribution < -0.4 is 10.1 Å². The lowest BCUT2D eigenvalue weighted by Crippen LogP contribution is -2.19. The summed E-state index contributed by atoms with van der Waals surface area (Å²) in [4.78, 5) is 0. The highest BCUT2D eigenvalue weighted by Gasteiger charge is 2.09. The molecule has 1 N–H and O–H groups in total. The van der Waals surface area contributed by atoms with E-state index in [9.17, 15) is 4.39 Å². The molecule has 3 heteroatoms. The first-order valence-corrected chi connectivity index (χ1v) is 6.73. The molecule has 0 bridgehead atoms. The Morgan fingerprint density at radius 2 is 1.95 bits per heavy atom. The first kappa shape index (κ1) is 14.5. The minimum Gasteiger partial charge on any atom is -0.497 e. The molecule has 0 spiro atoms. The highest BCUT2D eigenvalue weighted by molar-refractivity contribution is 5.30. The van der Waals surface area contributed by atoms with Crippen LogP contribution in [0.1, 0.15) is 29.7 Å². The van der Waals surface area contributed by atoms with Crippen LogP contribution in [-0.4, -0.2) is 7.11 Å². The van der Waals surface area contributed by atoms with Crippen molar-refractivity contribution in [1.82, 2.24) is 5.32 Å². The fraction of sp³-hybridized carbons (Fsp3) is 0.294. The molecular weight excluding hydrogens is 253 g/mol. The molecule has 0 radical (unpaired) electrons. The van der Waals surface area contributed by atoms with Gasteiger partial charge in [-0.15, -0.1) is 0 Å². The molecule has 0 aromatic heterocycles. The lowest BCUT2D eigenvalue weighted by atomic mass is 10.0. The van der Waals surface area contributed by atoms with Gasteiger partial charge in [-0.1, -0.05) is 30.3 Å². The third kappa shape index (κ3) is 3.36. The predicted molar refractivity (Wildman–Crippen MR) is 79.4 cm³/mol. The van der Waals surface area contributed by atoms with Crippen molar-refractivity contribution in [3.8, 4) is 5.75 Å². The average Bonchev–Trinajstić information content (AvgIpc) is 2.46. The van der Waals surface area contributed by atoms with E-state index in [1.807, 2.05) is 12.1 Å². The molecule has 0 heterocycles. The Morgan fingerprint density at radius 1 is 1.20 bits per heavy atom. The summed E-state index contributed by atoms with van der Waals surface area (Å²) in [5, 5.41) is 3.35. The van der Waals surface area contributed by atoms with E-state index >= 15 is 0 Å². The van der Waals surface area contributed by atoms with Gasteiger partial charge in [0.25, 0.3) is 0 Å². The third-order valence-corrected chi connectivity index (χ3v) is 3.51. The molecule has 2 nitrogen and oxygen atoms in total. The first-order chi connectivity index (χ1) is 9.61. The minimum atomic E-state index is -0.242. The zero-order chi connectivity index (χ0) is 14.5. The second-order valence-electron chi connectivity index (χ2n) is 4.92. The molecule has 1 atom stereocenters. The number of methoxy groups -OCH3 is 1. The number of ether oxygens (including phenoxy) is 1. The van der Waals surface area contributed by atoms with Gasteiger partial charge in [0.1, 0.15) is 11.6 Å². The van der Waals surface area contributed by atoms with E-state index in [4.69, 9.17) is 4.74 Å². The van der Waals surface area contributed by atoms with E-state index in [0.29, 0.717) is 17.9 Å². The van der Waals surface area contributed by atoms with Crippen molar-refractivity contribution in [2.75, 3.05) is 7.11 Å². The van der Waals surface area contributed by atoms with Gasteiger partial charge >= 0.3 is 0 Å². The van der Waals surface area contributed by atoms with Crippen molar-refractivity contribution < 1.29 is 9.13 Å². The van der Waals surface area contributed by atoms with Gasteiger partial charge in [0.15, 0.2) is 0 Å². The van der Waals surface area contributed by atoms with Gasteiger partial charge in [0, 0.05) is 24.2 Å². The van der Waals surface area contributed by atoms with Crippen LogP contribution in [0.4, 0.5) is 4.39 Å². The molecule has 20 heavy (non-hydrogen) atoms. The molecular formula is C17H20FNO. The van der Waals surface area contributed by atoms with Crippen molar-refractivity contribution in [2.24, 2.45) is 0 Å². The van der Waals surface area contributed by atoms with Gasteiger partial charge < -0.3 is 10.1 Å². The molecule has 0 amide bonds. The lowest BCUT2D eigenvalue weighted by Gasteiger charge is -2.17. The van der Waals surface area contributed by atoms with E-state index in [-0.39, 0.29) is 11.9 Å². The van der Waals surface area contributed by atoms with E-state index in [1.54, 1.807) is 12.1 Å². The predicted octanol–water partition coefficient (Wildman–Crippen LogP) is 3.99. The Hall–Kier alpha value is -1.87. The summed E-state index contributed by atoms with van der Waals surface area (Å²) in [6.45, 7) is 4.66. The van der Waals surface area contributed by atoms with Crippen molar-refractivity contribution in [2.45, 2.75) is 26.4 Å².